The van der Waals surface area contributed by atoms with Crippen molar-refractivity contribution in [2.24, 2.45) is 28.9 Å². The zero-order valence-electron chi connectivity index (χ0n) is 25.3. The van der Waals surface area contributed by atoms with E-state index in [-0.39, 0.29) is 23.8 Å². The number of fused-ring (bicyclic) bond motifs is 1. The number of amides is 2. The minimum absolute atomic E-state index is 0.00287. The van der Waals surface area contributed by atoms with E-state index in [1.54, 1.807) is 5.06 Å². The molecular formula is C31H41N7O5S. The topological polar surface area (TPSA) is 141 Å². The fourth-order valence-corrected chi connectivity index (χ4v) is 9.60. The second-order valence-corrected chi connectivity index (χ2v) is 15.3. The van der Waals surface area contributed by atoms with Gasteiger partial charge >= 0.3 is 6.09 Å². The predicted molar refractivity (Wildman–Crippen MR) is 167 cm³/mol. The van der Waals surface area contributed by atoms with Gasteiger partial charge in [-0.2, -0.15) is 4.31 Å². The summed E-state index contributed by atoms with van der Waals surface area (Å²) in [4.78, 5) is 40.7. The molecule has 3 unspecified atom stereocenters. The van der Waals surface area contributed by atoms with E-state index < -0.39 is 21.5 Å². The molecule has 5 fully saturated rings. The van der Waals surface area contributed by atoms with Crippen LogP contribution in [-0.4, -0.2) is 81.3 Å². The Morgan fingerprint density at radius 3 is 2.25 bits per heavy atom. The number of nitrogens with one attached hydrogen (secondary N) is 1. The lowest BCUT2D eigenvalue weighted by molar-refractivity contribution is -0.145. The monoisotopic (exact) mass is 623 g/mol. The molecule has 2 aliphatic heterocycles. The van der Waals surface area contributed by atoms with Crippen molar-refractivity contribution in [1.29, 1.82) is 0 Å². The Balaban J connectivity index is 1.02. The standard InChI is InChI=1S/C31H41N7O5S/c1-20-24(35-9-11-36(12-10-35)44(2,41)42)7-8-27(33-20)37-13-14-38(26-6-4-3-5-25(26)37)43-30(40)34-28-22-15-21-16-23(28)19-31(17-21,18-22)29(32)39/h3-8,21-23,28H,9-19H2,1-2H3,(H2,32,39)(H,34,40)/t21?,22-,23+,28?,31?. The first-order valence-corrected chi connectivity index (χ1v) is 17.5. The number of nitrogens with zero attached hydrogens (tertiary/aromatic N) is 5. The van der Waals surface area contributed by atoms with Crippen LogP contribution in [0.2, 0.25) is 0 Å². The Bertz CT molecular complexity index is 1560. The molecule has 1 saturated heterocycles. The molecule has 44 heavy (non-hydrogen) atoms. The molecule has 1 aromatic heterocycles. The number of aryl methyl sites for hydroxylation is 1. The summed E-state index contributed by atoms with van der Waals surface area (Å²) in [5.74, 6) is 1.65. The molecule has 3 N–H and O–H groups in total. The van der Waals surface area contributed by atoms with E-state index in [9.17, 15) is 18.0 Å². The molecule has 3 heterocycles. The van der Waals surface area contributed by atoms with Gasteiger partial charge in [-0.1, -0.05) is 12.1 Å². The number of aromatic nitrogens is 1. The second-order valence-electron chi connectivity index (χ2n) is 13.3. The number of pyridine rings is 1. The molecule has 0 radical (unpaired) electrons. The molecule has 4 saturated carbocycles. The molecule has 4 bridgehead atoms. The fourth-order valence-electron chi connectivity index (χ4n) is 8.78. The average molecular weight is 624 g/mol. The number of rotatable bonds is 6. The maximum Gasteiger partial charge on any atom is 0.431 e. The maximum atomic E-state index is 13.3. The summed E-state index contributed by atoms with van der Waals surface area (Å²) in [6, 6.07) is 11.9. The third-order valence-electron chi connectivity index (χ3n) is 10.6. The minimum atomic E-state index is -3.19. The van der Waals surface area contributed by atoms with Crippen LogP contribution in [0.1, 0.15) is 37.8 Å². The molecular weight excluding hydrogens is 582 g/mol. The van der Waals surface area contributed by atoms with Crippen LogP contribution in [0.5, 0.6) is 0 Å². The zero-order valence-corrected chi connectivity index (χ0v) is 26.1. The molecule has 2 aromatic rings. The molecule has 1 aromatic carbocycles. The first kappa shape index (κ1) is 29.1. The van der Waals surface area contributed by atoms with Gasteiger partial charge in [0.2, 0.25) is 15.9 Å². The predicted octanol–water partition coefficient (Wildman–Crippen LogP) is 2.75. The lowest BCUT2D eigenvalue weighted by atomic mass is 9.47. The summed E-state index contributed by atoms with van der Waals surface area (Å²) in [7, 11) is -3.19. The van der Waals surface area contributed by atoms with Gasteiger partial charge in [-0.25, -0.2) is 23.3 Å². The lowest BCUT2D eigenvalue weighted by Crippen LogP contribution is -2.62. The van der Waals surface area contributed by atoms with Crippen LogP contribution in [0, 0.1) is 30.1 Å². The largest absolute Gasteiger partial charge is 0.431 e. The number of hydrogen-bond acceptors (Lipinski definition) is 9. The fraction of sp³-hybridized carbons (Fsp3) is 0.581. The van der Waals surface area contributed by atoms with Crippen molar-refractivity contribution in [3.8, 4) is 0 Å². The van der Waals surface area contributed by atoms with Crippen LogP contribution in [0.4, 0.5) is 27.7 Å². The number of piperazine rings is 1. The molecule has 4 aliphatic carbocycles. The third-order valence-corrected chi connectivity index (χ3v) is 11.9. The Kier molecular flexibility index (Phi) is 7.15. The summed E-state index contributed by atoms with van der Waals surface area (Å²) in [6.07, 6.45) is 5.25. The summed E-state index contributed by atoms with van der Waals surface area (Å²) < 4.78 is 25.3. The molecule has 12 nitrogen and oxygen atoms in total. The Morgan fingerprint density at radius 1 is 0.932 bits per heavy atom. The maximum absolute atomic E-state index is 13.3. The van der Waals surface area contributed by atoms with Crippen molar-refractivity contribution < 1.29 is 22.8 Å². The van der Waals surface area contributed by atoms with Crippen LogP contribution in [0.3, 0.4) is 0 Å². The van der Waals surface area contributed by atoms with Crippen LogP contribution in [0.25, 0.3) is 0 Å². The lowest BCUT2D eigenvalue weighted by Gasteiger charge is -2.58. The number of hydrogen-bond donors (Lipinski definition) is 2. The number of benzene rings is 1. The molecule has 13 heteroatoms. The van der Waals surface area contributed by atoms with Crippen molar-refractivity contribution in [3.05, 3.63) is 42.1 Å². The van der Waals surface area contributed by atoms with Gasteiger partial charge in [0.05, 0.1) is 35.6 Å². The van der Waals surface area contributed by atoms with E-state index in [2.05, 4.69) is 21.2 Å². The number of anilines is 4. The summed E-state index contributed by atoms with van der Waals surface area (Å²) in [5.41, 5.74) is 9.00. The van der Waals surface area contributed by atoms with Gasteiger partial charge in [0.1, 0.15) is 5.82 Å². The summed E-state index contributed by atoms with van der Waals surface area (Å²) in [5, 5.41) is 4.83. The van der Waals surface area contributed by atoms with Crippen molar-refractivity contribution in [2.75, 3.05) is 60.4 Å². The molecule has 2 amide bonds. The van der Waals surface area contributed by atoms with Gasteiger partial charge in [-0.15, -0.1) is 0 Å². The van der Waals surface area contributed by atoms with Crippen molar-refractivity contribution >= 4 is 44.9 Å². The normalized spacial score (nSPS) is 29.8. The van der Waals surface area contributed by atoms with Gasteiger partial charge < -0.3 is 25.7 Å². The van der Waals surface area contributed by atoms with E-state index >= 15 is 0 Å². The highest BCUT2D eigenvalue weighted by Crippen LogP contribution is 2.60. The molecule has 236 valence electrons. The smallest absolute Gasteiger partial charge is 0.369 e. The van der Waals surface area contributed by atoms with E-state index in [0.717, 1.165) is 60.7 Å². The van der Waals surface area contributed by atoms with Crippen LogP contribution < -0.4 is 25.9 Å². The average Bonchev–Trinajstić information content (AvgIpc) is 2.98. The highest BCUT2D eigenvalue weighted by molar-refractivity contribution is 7.88. The molecule has 0 spiro atoms. The van der Waals surface area contributed by atoms with Crippen LogP contribution in [-0.2, 0) is 19.7 Å². The molecule has 6 aliphatic rings. The first-order chi connectivity index (χ1) is 21.0. The van der Waals surface area contributed by atoms with Crippen molar-refractivity contribution in [3.63, 3.8) is 0 Å². The second kappa shape index (κ2) is 10.8. The number of nitrogens with two attached hydrogens (primary N) is 1. The number of sulfonamides is 1. The summed E-state index contributed by atoms with van der Waals surface area (Å²) >= 11 is 0. The Morgan fingerprint density at radius 2 is 1.61 bits per heavy atom. The van der Waals surface area contributed by atoms with Gasteiger partial charge in [0, 0.05) is 44.2 Å². The Labute approximate surface area is 258 Å². The van der Waals surface area contributed by atoms with Crippen molar-refractivity contribution in [1.82, 2.24) is 14.6 Å². The number of primary amides is 1. The minimum Gasteiger partial charge on any atom is -0.369 e. The van der Waals surface area contributed by atoms with Gasteiger partial charge in [0.25, 0.3) is 0 Å². The van der Waals surface area contributed by atoms with Crippen LogP contribution >= 0.6 is 0 Å². The van der Waals surface area contributed by atoms with E-state index in [1.807, 2.05) is 37.3 Å². The number of hydroxylamine groups is 1. The quantitative estimate of drug-likeness (QED) is 0.497. The first-order valence-electron chi connectivity index (χ1n) is 15.6. The van der Waals surface area contributed by atoms with Gasteiger partial charge in [-0.3, -0.25) is 4.79 Å². The van der Waals surface area contributed by atoms with Crippen LogP contribution in [0.15, 0.2) is 36.4 Å². The van der Waals surface area contributed by atoms with E-state index in [4.69, 9.17) is 15.6 Å². The molecule has 5 atom stereocenters. The number of carbonyl (C=O) groups excluding carboxylic acids is 2. The number of carbonyl (C=O) groups is 2. The zero-order chi connectivity index (χ0) is 30.8. The highest BCUT2D eigenvalue weighted by Gasteiger charge is 2.58. The SMILES string of the molecule is Cc1nc(N2CCN(OC(=O)NC3[C@@H]4CC5C[C@H]3CC(C(N)=O)(C5)C4)c3ccccc32)ccc1N1CCN(S(C)(=O)=O)CC1. The van der Waals surface area contributed by atoms with Gasteiger partial charge in [0.15, 0.2) is 0 Å². The number of para-hydroxylation sites is 2. The Hall–Kier alpha value is -3.58. The van der Waals surface area contributed by atoms with E-state index in [0.29, 0.717) is 45.2 Å². The van der Waals surface area contributed by atoms with Crippen molar-refractivity contribution in [2.45, 2.75) is 45.1 Å². The third kappa shape index (κ3) is 5.13. The molecule has 8 rings (SSSR count). The highest BCUT2D eigenvalue weighted by atomic mass is 32.2. The summed E-state index contributed by atoms with van der Waals surface area (Å²) in [6.45, 7) is 5.16. The van der Waals surface area contributed by atoms with Gasteiger partial charge in [-0.05, 0) is 81.0 Å². The van der Waals surface area contributed by atoms with E-state index in [1.165, 1.54) is 10.6 Å².